The number of ether oxygens (including phenoxy) is 4. The first-order chi connectivity index (χ1) is 14.7. The molecule has 162 valence electrons. The number of carbonyl (C=O) groups is 4. The normalized spacial score (nSPS) is 10.5. The van der Waals surface area contributed by atoms with Crippen LogP contribution in [0, 0.1) is 5.41 Å². The van der Waals surface area contributed by atoms with Crippen LogP contribution in [0.4, 0.5) is 0 Å². The third kappa shape index (κ3) is 5.49. The van der Waals surface area contributed by atoms with E-state index in [0.29, 0.717) is 5.02 Å². The molecule has 0 saturated heterocycles. The van der Waals surface area contributed by atoms with Crippen molar-refractivity contribution in [3.05, 3.63) is 71.8 Å². The van der Waals surface area contributed by atoms with Crippen molar-refractivity contribution in [1.82, 2.24) is 0 Å². The molecule has 0 spiro atoms. The average Bonchev–Trinajstić information content (AvgIpc) is 2.78. The van der Waals surface area contributed by atoms with E-state index in [4.69, 9.17) is 21.1 Å². The van der Waals surface area contributed by atoms with Gasteiger partial charge in [-0.25, -0.2) is 9.59 Å². The van der Waals surface area contributed by atoms with Gasteiger partial charge in [0.1, 0.15) is 11.5 Å². The largest absolute Gasteiger partial charge is 0.468 e. The molecule has 0 radical (unpaired) electrons. The van der Waals surface area contributed by atoms with Gasteiger partial charge in [-0.3, -0.25) is 9.59 Å². The number of esters is 4. The molecule has 0 aliphatic rings. The Kier molecular flexibility index (Phi) is 7.93. The lowest BCUT2D eigenvalue weighted by atomic mass is 9.81. The summed E-state index contributed by atoms with van der Waals surface area (Å²) in [5.41, 5.74) is -2.99. The summed E-state index contributed by atoms with van der Waals surface area (Å²) in [5, 5.41) is 0.428. The first-order valence-corrected chi connectivity index (χ1v) is 9.22. The van der Waals surface area contributed by atoms with Crippen LogP contribution in [0.5, 0.6) is 11.5 Å². The zero-order valence-corrected chi connectivity index (χ0v) is 17.5. The highest BCUT2D eigenvalue weighted by Crippen LogP contribution is 2.33. The molecule has 0 N–H and O–H groups in total. The molecular formula is C22H19ClO8. The molecule has 0 saturated carbocycles. The van der Waals surface area contributed by atoms with Crippen molar-refractivity contribution in [2.45, 2.75) is 6.42 Å². The number of para-hydroxylation sites is 1. The minimum atomic E-state index is -2.63. The van der Waals surface area contributed by atoms with Crippen LogP contribution in [-0.4, -0.2) is 38.1 Å². The van der Waals surface area contributed by atoms with E-state index in [1.165, 1.54) is 36.4 Å². The van der Waals surface area contributed by atoms with E-state index in [9.17, 15) is 19.2 Å². The minimum Gasteiger partial charge on any atom is -0.468 e. The SMILES string of the molecule is C=C(CC(C(=O)OC)(C(=O)OC)C(=O)Oc1ccccc1)C(=O)Oc1ccc(Cl)cc1. The smallest absolute Gasteiger partial charge is 0.340 e. The highest BCUT2D eigenvalue weighted by molar-refractivity contribution is 6.30. The van der Waals surface area contributed by atoms with Crippen molar-refractivity contribution in [1.29, 1.82) is 0 Å². The van der Waals surface area contributed by atoms with Gasteiger partial charge in [0.25, 0.3) is 5.41 Å². The molecule has 0 unspecified atom stereocenters. The summed E-state index contributed by atoms with van der Waals surface area (Å²) >= 11 is 5.79. The van der Waals surface area contributed by atoms with Gasteiger partial charge in [0.15, 0.2) is 0 Å². The van der Waals surface area contributed by atoms with Crippen LogP contribution in [0.1, 0.15) is 6.42 Å². The number of hydrogen-bond donors (Lipinski definition) is 0. The maximum absolute atomic E-state index is 13.0. The van der Waals surface area contributed by atoms with Crippen LogP contribution >= 0.6 is 11.6 Å². The summed E-state index contributed by atoms with van der Waals surface area (Å²) < 4.78 is 19.7. The Labute approximate surface area is 183 Å². The average molecular weight is 447 g/mol. The van der Waals surface area contributed by atoms with E-state index in [2.05, 4.69) is 16.1 Å². The van der Waals surface area contributed by atoms with Gasteiger partial charge in [0.2, 0.25) is 0 Å². The van der Waals surface area contributed by atoms with Crippen LogP contribution in [-0.2, 0) is 28.7 Å². The Balaban J connectivity index is 2.34. The standard InChI is InChI=1S/C22H19ClO8/c1-14(18(24)30-17-11-9-15(23)10-12-17)13-22(19(25)28-2,20(26)29-3)21(27)31-16-7-5-4-6-8-16/h4-12H,1,13H2,2-3H3. The Bertz CT molecular complexity index is 966. The van der Waals surface area contributed by atoms with Crippen molar-refractivity contribution in [3.63, 3.8) is 0 Å². The summed E-state index contributed by atoms with van der Waals surface area (Å²) in [5.74, 6) is -4.62. The predicted octanol–water partition coefficient (Wildman–Crippen LogP) is 3.13. The molecule has 0 fully saturated rings. The van der Waals surface area contributed by atoms with Gasteiger partial charge in [-0.05, 0) is 36.4 Å². The molecule has 0 aliphatic carbocycles. The summed E-state index contributed by atoms with van der Waals surface area (Å²) in [6.45, 7) is 3.55. The maximum Gasteiger partial charge on any atom is 0.340 e. The molecule has 0 heterocycles. The third-order valence-electron chi connectivity index (χ3n) is 4.16. The molecule has 0 amide bonds. The Morgan fingerprint density at radius 1 is 0.806 bits per heavy atom. The predicted molar refractivity (Wildman–Crippen MR) is 109 cm³/mol. The number of halogens is 1. The van der Waals surface area contributed by atoms with Gasteiger partial charge in [0.05, 0.1) is 14.2 Å². The van der Waals surface area contributed by atoms with Crippen molar-refractivity contribution in [2.75, 3.05) is 14.2 Å². The van der Waals surface area contributed by atoms with E-state index < -0.39 is 35.7 Å². The zero-order chi connectivity index (χ0) is 23.0. The molecule has 9 heteroatoms. The van der Waals surface area contributed by atoms with E-state index in [-0.39, 0.29) is 17.1 Å². The topological polar surface area (TPSA) is 105 Å². The van der Waals surface area contributed by atoms with Gasteiger partial charge in [-0.1, -0.05) is 36.4 Å². The van der Waals surface area contributed by atoms with Gasteiger partial charge in [0, 0.05) is 17.0 Å². The van der Waals surface area contributed by atoms with Crippen molar-refractivity contribution >= 4 is 35.5 Å². The van der Waals surface area contributed by atoms with Crippen molar-refractivity contribution in [2.24, 2.45) is 5.41 Å². The summed E-state index contributed by atoms with van der Waals surface area (Å²) in [7, 11) is 1.95. The Morgan fingerprint density at radius 2 is 1.32 bits per heavy atom. The first kappa shape index (κ1) is 23.6. The van der Waals surface area contributed by atoms with Crippen molar-refractivity contribution in [3.8, 4) is 11.5 Å². The second-order valence-corrected chi connectivity index (χ2v) is 6.65. The van der Waals surface area contributed by atoms with Gasteiger partial charge in [-0.2, -0.15) is 0 Å². The van der Waals surface area contributed by atoms with Crippen molar-refractivity contribution < 1.29 is 38.1 Å². The molecular weight excluding hydrogens is 428 g/mol. The quantitative estimate of drug-likeness (QED) is 0.263. The van der Waals surface area contributed by atoms with Crippen LogP contribution in [0.2, 0.25) is 5.02 Å². The second kappa shape index (κ2) is 10.4. The fraction of sp³-hybridized carbons (Fsp3) is 0.182. The molecule has 0 atom stereocenters. The third-order valence-corrected chi connectivity index (χ3v) is 4.41. The number of rotatable bonds is 8. The van der Waals surface area contributed by atoms with Gasteiger partial charge >= 0.3 is 23.9 Å². The van der Waals surface area contributed by atoms with Crippen LogP contribution in [0.15, 0.2) is 66.7 Å². The second-order valence-electron chi connectivity index (χ2n) is 6.21. The highest BCUT2D eigenvalue weighted by atomic mass is 35.5. The van der Waals surface area contributed by atoms with Gasteiger partial charge in [-0.15, -0.1) is 0 Å². The fourth-order valence-corrected chi connectivity index (χ4v) is 2.70. The Hall–Kier alpha value is -3.65. The molecule has 2 rings (SSSR count). The number of benzene rings is 2. The maximum atomic E-state index is 13.0. The van der Waals surface area contributed by atoms with E-state index >= 15 is 0 Å². The van der Waals surface area contributed by atoms with Crippen LogP contribution in [0.3, 0.4) is 0 Å². The summed E-state index contributed by atoms with van der Waals surface area (Å²) in [4.78, 5) is 50.6. The van der Waals surface area contributed by atoms with Gasteiger partial charge < -0.3 is 18.9 Å². The highest BCUT2D eigenvalue weighted by Gasteiger charge is 2.58. The number of hydrogen-bond acceptors (Lipinski definition) is 8. The molecule has 2 aromatic rings. The van der Waals surface area contributed by atoms with Crippen LogP contribution < -0.4 is 9.47 Å². The molecule has 0 aliphatic heterocycles. The lowest BCUT2D eigenvalue weighted by Gasteiger charge is -2.26. The van der Waals surface area contributed by atoms with E-state index in [0.717, 1.165) is 14.2 Å². The molecule has 0 aromatic heterocycles. The molecule has 2 aromatic carbocycles. The van der Waals surface area contributed by atoms with Crippen LogP contribution in [0.25, 0.3) is 0 Å². The zero-order valence-electron chi connectivity index (χ0n) is 16.8. The lowest BCUT2D eigenvalue weighted by molar-refractivity contribution is -0.177. The molecule has 8 nitrogen and oxygen atoms in total. The van der Waals surface area contributed by atoms with E-state index in [1.807, 2.05) is 0 Å². The Morgan fingerprint density at radius 3 is 1.84 bits per heavy atom. The lowest BCUT2D eigenvalue weighted by Crippen LogP contribution is -2.50. The fourth-order valence-electron chi connectivity index (χ4n) is 2.57. The first-order valence-electron chi connectivity index (χ1n) is 8.84. The summed E-state index contributed by atoms with van der Waals surface area (Å²) in [6, 6.07) is 13.6. The monoisotopic (exact) mass is 446 g/mol. The number of methoxy groups -OCH3 is 2. The van der Waals surface area contributed by atoms with E-state index in [1.54, 1.807) is 18.2 Å². The molecule has 31 heavy (non-hydrogen) atoms. The molecule has 0 bridgehead atoms. The number of carbonyl (C=O) groups excluding carboxylic acids is 4. The minimum absolute atomic E-state index is 0.0686. The summed E-state index contributed by atoms with van der Waals surface area (Å²) in [6.07, 6.45) is -0.787.